The highest BCUT2D eigenvalue weighted by Crippen LogP contribution is 2.23. The van der Waals surface area contributed by atoms with E-state index in [9.17, 15) is 9.59 Å². The summed E-state index contributed by atoms with van der Waals surface area (Å²) in [5.74, 6) is 1.01. The van der Waals surface area contributed by atoms with Gasteiger partial charge < -0.3 is 19.8 Å². The van der Waals surface area contributed by atoms with E-state index < -0.39 is 0 Å². The Morgan fingerprint density at radius 2 is 1.73 bits per heavy atom. The molecule has 6 heteroatoms. The molecule has 1 heterocycles. The number of carbonyl (C=O) groups excluding carboxylic acids is 2. The second kappa shape index (κ2) is 8.53. The van der Waals surface area contributed by atoms with Crippen molar-refractivity contribution in [1.29, 1.82) is 0 Å². The maximum absolute atomic E-state index is 12.0. The van der Waals surface area contributed by atoms with Gasteiger partial charge in [-0.3, -0.25) is 9.59 Å². The highest BCUT2D eigenvalue weighted by Gasteiger charge is 2.09. The van der Waals surface area contributed by atoms with E-state index in [0.717, 1.165) is 5.75 Å². The van der Waals surface area contributed by atoms with Crippen LogP contribution in [0.3, 0.4) is 0 Å². The molecule has 0 spiro atoms. The van der Waals surface area contributed by atoms with Gasteiger partial charge in [-0.25, -0.2) is 0 Å². The summed E-state index contributed by atoms with van der Waals surface area (Å²) in [6, 6.07) is 19.7. The summed E-state index contributed by atoms with van der Waals surface area (Å²) in [5, 5.41) is 5.41. The van der Waals surface area contributed by atoms with Crippen molar-refractivity contribution in [3.05, 3.63) is 78.8 Å². The average molecular weight is 350 g/mol. The molecular weight excluding hydrogens is 332 g/mol. The van der Waals surface area contributed by atoms with Crippen molar-refractivity contribution in [1.82, 2.24) is 5.32 Å². The Morgan fingerprint density at radius 3 is 2.50 bits per heavy atom. The second-order valence-electron chi connectivity index (χ2n) is 5.47. The van der Waals surface area contributed by atoms with Gasteiger partial charge >= 0.3 is 0 Å². The van der Waals surface area contributed by atoms with Gasteiger partial charge in [0.2, 0.25) is 5.91 Å². The standard InChI is InChI=1S/C20H18N2O4/c23-19(11-12-21-20(24)18-10-5-13-25-18)22-15-6-4-9-17(14-15)26-16-7-2-1-3-8-16/h1-10,13-14H,11-12H2,(H,21,24)(H,22,23). The van der Waals surface area contributed by atoms with Gasteiger partial charge in [-0.05, 0) is 36.4 Å². The predicted molar refractivity (Wildman–Crippen MR) is 97.2 cm³/mol. The van der Waals surface area contributed by atoms with Crippen molar-refractivity contribution >= 4 is 17.5 Å². The molecule has 26 heavy (non-hydrogen) atoms. The molecule has 0 unspecified atom stereocenters. The molecule has 0 saturated heterocycles. The maximum atomic E-state index is 12.0. The highest BCUT2D eigenvalue weighted by molar-refractivity contribution is 5.93. The van der Waals surface area contributed by atoms with Gasteiger partial charge in [-0.2, -0.15) is 0 Å². The Kier molecular flexibility index (Phi) is 5.67. The Hall–Kier alpha value is -3.54. The van der Waals surface area contributed by atoms with Crippen molar-refractivity contribution < 1.29 is 18.7 Å². The van der Waals surface area contributed by atoms with E-state index >= 15 is 0 Å². The van der Waals surface area contributed by atoms with E-state index in [1.165, 1.54) is 6.26 Å². The minimum atomic E-state index is -0.346. The minimum Gasteiger partial charge on any atom is -0.459 e. The molecule has 6 nitrogen and oxygen atoms in total. The molecule has 3 rings (SSSR count). The number of hydrogen-bond acceptors (Lipinski definition) is 4. The summed E-state index contributed by atoms with van der Waals surface area (Å²) in [7, 11) is 0. The number of anilines is 1. The predicted octanol–water partition coefficient (Wildman–Crippen LogP) is 3.83. The lowest BCUT2D eigenvalue weighted by molar-refractivity contribution is -0.116. The molecule has 2 aromatic carbocycles. The molecular formula is C20H18N2O4. The van der Waals surface area contributed by atoms with Crippen LogP contribution < -0.4 is 15.4 Å². The zero-order valence-corrected chi connectivity index (χ0v) is 14.0. The SMILES string of the molecule is O=C(CCNC(=O)c1ccco1)Nc1cccc(Oc2ccccc2)c1. The molecule has 1 aromatic heterocycles. The number of nitrogens with one attached hydrogen (secondary N) is 2. The number of furan rings is 1. The number of carbonyl (C=O) groups is 2. The monoisotopic (exact) mass is 350 g/mol. The fourth-order valence-corrected chi connectivity index (χ4v) is 2.27. The lowest BCUT2D eigenvalue weighted by atomic mass is 10.2. The molecule has 0 aliphatic rings. The van der Waals surface area contributed by atoms with Crippen LogP contribution in [0.15, 0.2) is 77.4 Å². The number of ether oxygens (including phenoxy) is 1. The molecule has 3 aromatic rings. The van der Waals surface area contributed by atoms with E-state index in [2.05, 4.69) is 10.6 Å². The first-order valence-electron chi connectivity index (χ1n) is 8.15. The molecule has 0 aliphatic carbocycles. The van der Waals surface area contributed by atoms with Crippen LogP contribution in [0.2, 0.25) is 0 Å². The summed E-state index contributed by atoms with van der Waals surface area (Å²) in [6.45, 7) is 0.214. The number of hydrogen-bond donors (Lipinski definition) is 2. The summed E-state index contributed by atoms with van der Waals surface area (Å²) in [5.41, 5.74) is 0.626. The highest BCUT2D eigenvalue weighted by atomic mass is 16.5. The molecule has 0 saturated carbocycles. The maximum Gasteiger partial charge on any atom is 0.286 e. The van der Waals surface area contributed by atoms with E-state index in [4.69, 9.17) is 9.15 Å². The smallest absolute Gasteiger partial charge is 0.286 e. The molecule has 0 fully saturated rings. The first kappa shape index (κ1) is 17.3. The van der Waals surface area contributed by atoms with Gasteiger partial charge in [0.1, 0.15) is 11.5 Å². The quantitative estimate of drug-likeness (QED) is 0.679. The average Bonchev–Trinajstić information content (AvgIpc) is 3.17. The van der Waals surface area contributed by atoms with E-state index in [0.29, 0.717) is 11.4 Å². The van der Waals surface area contributed by atoms with Crippen LogP contribution >= 0.6 is 0 Å². The third-order valence-electron chi connectivity index (χ3n) is 3.48. The van der Waals surface area contributed by atoms with Crippen LogP contribution in [0.5, 0.6) is 11.5 Å². The third kappa shape index (κ3) is 4.98. The van der Waals surface area contributed by atoms with Crippen LogP contribution in [0.25, 0.3) is 0 Å². The van der Waals surface area contributed by atoms with Gasteiger partial charge in [-0.1, -0.05) is 24.3 Å². The number of amides is 2. The summed E-state index contributed by atoms with van der Waals surface area (Å²) < 4.78 is 10.7. The van der Waals surface area contributed by atoms with Crippen molar-refractivity contribution in [2.24, 2.45) is 0 Å². The summed E-state index contributed by atoms with van der Waals surface area (Å²) in [4.78, 5) is 23.7. The molecule has 2 amide bonds. The molecule has 0 atom stereocenters. The van der Waals surface area contributed by atoms with Gasteiger partial charge in [0.05, 0.1) is 6.26 Å². The van der Waals surface area contributed by atoms with Gasteiger partial charge in [0, 0.05) is 24.7 Å². The van der Waals surface area contributed by atoms with Crippen molar-refractivity contribution in [2.75, 3.05) is 11.9 Å². The van der Waals surface area contributed by atoms with E-state index in [-0.39, 0.29) is 30.5 Å². The molecule has 132 valence electrons. The van der Waals surface area contributed by atoms with Crippen LogP contribution in [0, 0.1) is 0 Å². The van der Waals surface area contributed by atoms with Gasteiger partial charge in [0.25, 0.3) is 5.91 Å². The van der Waals surface area contributed by atoms with E-state index in [1.807, 2.05) is 36.4 Å². The van der Waals surface area contributed by atoms with Crippen molar-refractivity contribution in [3.8, 4) is 11.5 Å². The van der Waals surface area contributed by atoms with Crippen LogP contribution in [0.4, 0.5) is 5.69 Å². The molecule has 0 bridgehead atoms. The fraction of sp³-hybridized carbons (Fsp3) is 0.100. The lowest BCUT2D eigenvalue weighted by Crippen LogP contribution is -2.27. The Bertz CT molecular complexity index is 861. The van der Waals surface area contributed by atoms with Crippen LogP contribution in [0.1, 0.15) is 17.0 Å². The van der Waals surface area contributed by atoms with Crippen LogP contribution in [-0.4, -0.2) is 18.4 Å². The lowest BCUT2D eigenvalue weighted by Gasteiger charge is -2.09. The second-order valence-corrected chi connectivity index (χ2v) is 5.47. The number of para-hydroxylation sites is 1. The minimum absolute atomic E-state index is 0.149. The summed E-state index contributed by atoms with van der Waals surface area (Å²) >= 11 is 0. The Labute approximate surface area is 150 Å². The first-order valence-corrected chi connectivity index (χ1v) is 8.15. The topological polar surface area (TPSA) is 80.6 Å². The van der Waals surface area contributed by atoms with Crippen molar-refractivity contribution in [3.63, 3.8) is 0 Å². The Balaban J connectivity index is 1.48. The Morgan fingerprint density at radius 1 is 0.923 bits per heavy atom. The zero-order chi connectivity index (χ0) is 18.2. The number of rotatable bonds is 7. The third-order valence-corrected chi connectivity index (χ3v) is 3.48. The zero-order valence-electron chi connectivity index (χ0n) is 14.0. The first-order chi connectivity index (χ1) is 12.7. The largest absolute Gasteiger partial charge is 0.459 e. The van der Waals surface area contributed by atoms with Crippen molar-refractivity contribution in [2.45, 2.75) is 6.42 Å². The summed E-state index contributed by atoms with van der Waals surface area (Å²) in [6.07, 6.45) is 1.57. The molecule has 0 radical (unpaired) electrons. The van der Waals surface area contributed by atoms with Gasteiger partial charge in [-0.15, -0.1) is 0 Å². The molecule has 0 aliphatic heterocycles. The molecule has 2 N–H and O–H groups in total. The van der Waals surface area contributed by atoms with Crippen LogP contribution in [-0.2, 0) is 4.79 Å². The van der Waals surface area contributed by atoms with E-state index in [1.54, 1.807) is 30.3 Å². The normalized spacial score (nSPS) is 10.2. The van der Waals surface area contributed by atoms with Gasteiger partial charge in [0.15, 0.2) is 5.76 Å². The number of benzene rings is 2. The fourth-order valence-electron chi connectivity index (χ4n) is 2.27.